The van der Waals surface area contributed by atoms with E-state index in [0.717, 1.165) is 42.3 Å². The van der Waals surface area contributed by atoms with Crippen LogP contribution in [-0.4, -0.2) is 53.9 Å². The number of nitrogens with zero attached hydrogens (tertiary/aromatic N) is 2. The van der Waals surface area contributed by atoms with Gasteiger partial charge in [0, 0.05) is 41.5 Å². The van der Waals surface area contributed by atoms with E-state index in [-0.39, 0.29) is 23.7 Å². The van der Waals surface area contributed by atoms with Gasteiger partial charge in [-0.2, -0.15) is 0 Å². The van der Waals surface area contributed by atoms with Crippen LogP contribution in [0.4, 0.5) is 29.7 Å². The van der Waals surface area contributed by atoms with Gasteiger partial charge in [-0.1, -0.05) is 24.4 Å². The van der Waals surface area contributed by atoms with Crippen molar-refractivity contribution in [2.75, 3.05) is 37.4 Å². The summed E-state index contributed by atoms with van der Waals surface area (Å²) in [6.07, 6.45) is 4.14. The molecule has 3 aromatic rings. The summed E-state index contributed by atoms with van der Waals surface area (Å²) in [6, 6.07) is 7.35. The highest BCUT2D eigenvalue weighted by Crippen LogP contribution is 2.36. The monoisotopic (exact) mass is 573 g/mol. The molecule has 5 rings (SSSR count). The van der Waals surface area contributed by atoms with Crippen molar-refractivity contribution in [3.63, 3.8) is 0 Å². The van der Waals surface area contributed by atoms with Gasteiger partial charge in [-0.3, -0.25) is 10.2 Å². The fourth-order valence-electron chi connectivity index (χ4n) is 5.27. The number of carbonyl (C=O) groups excluding carboxylic acids is 2. The van der Waals surface area contributed by atoms with Crippen molar-refractivity contribution >= 4 is 35.2 Å². The molecule has 0 radical (unpaired) electrons. The molecule has 1 fully saturated rings. The fourth-order valence-corrected chi connectivity index (χ4v) is 5.43. The van der Waals surface area contributed by atoms with Gasteiger partial charge in [0.1, 0.15) is 24.1 Å². The highest BCUT2D eigenvalue weighted by molar-refractivity contribution is 6.30. The van der Waals surface area contributed by atoms with E-state index in [1.807, 2.05) is 12.1 Å². The first-order chi connectivity index (χ1) is 19.4. The summed E-state index contributed by atoms with van der Waals surface area (Å²) in [7, 11) is 1.30. The Bertz CT molecular complexity index is 1400. The SMILES string of the molecule is COC(=O)Nc1ccc2c(c1)NCCCCCC(N1CCC(c3c(F)ccc(Cl)c3F)COC1=O)c1ncc-2[nH]1. The van der Waals surface area contributed by atoms with Gasteiger partial charge in [0.15, 0.2) is 0 Å². The Labute approximate surface area is 235 Å². The minimum absolute atomic E-state index is 0.152. The quantitative estimate of drug-likeness (QED) is 0.296. The fraction of sp³-hybridized carbons (Fsp3) is 0.393. The maximum atomic E-state index is 14.7. The van der Waals surface area contributed by atoms with E-state index in [2.05, 4.69) is 20.6 Å². The number of imidazole rings is 1. The summed E-state index contributed by atoms with van der Waals surface area (Å²) < 4.78 is 39.5. The lowest BCUT2D eigenvalue weighted by atomic mass is 9.95. The second-order valence-corrected chi connectivity index (χ2v) is 10.3. The molecule has 0 spiro atoms. The van der Waals surface area contributed by atoms with E-state index in [1.165, 1.54) is 13.2 Å². The summed E-state index contributed by atoms with van der Waals surface area (Å²) in [6.45, 7) is 0.793. The number of nitrogens with one attached hydrogen (secondary N) is 3. The van der Waals surface area contributed by atoms with E-state index in [9.17, 15) is 18.4 Å². The number of H-pyrrole nitrogens is 1. The minimum Gasteiger partial charge on any atom is -0.453 e. The highest BCUT2D eigenvalue weighted by Gasteiger charge is 2.34. The number of methoxy groups -OCH3 is 1. The molecule has 1 aromatic heterocycles. The molecule has 2 aliphatic rings. The van der Waals surface area contributed by atoms with Crippen LogP contribution >= 0.6 is 11.6 Å². The molecular weight excluding hydrogens is 544 g/mol. The van der Waals surface area contributed by atoms with Crippen molar-refractivity contribution < 1.29 is 27.8 Å². The van der Waals surface area contributed by atoms with Gasteiger partial charge in [0.2, 0.25) is 0 Å². The van der Waals surface area contributed by atoms with Crippen molar-refractivity contribution in [3.8, 4) is 11.3 Å². The number of hydrogen-bond donors (Lipinski definition) is 3. The second kappa shape index (κ2) is 12.1. The predicted octanol–water partition coefficient (Wildman–Crippen LogP) is 6.84. The molecule has 0 aliphatic carbocycles. The Morgan fingerprint density at radius 1 is 1.20 bits per heavy atom. The van der Waals surface area contributed by atoms with Crippen molar-refractivity contribution in [3.05, 3.63) is 64.6 Å². The largest absolute Gasteiger partial charge is 0.453 e. The third-order valence-electron chi connectivity index (χ3n) is 7.35. The topological polar surface area (TPSA) is 109 Å². The number of amides is 2. The highest BCUT2D eigenvalue weighted by atomic mass is 35.5. The maximum Gasteiger partial charge on any atom is 0.411 e. The predicted molar refractivity (Wildman–Crippen MR) is 147 cm³/mol. The van der Waals surface area contributed by atoms with E-state index >= 15 is 0 Å². The van der Waals surface area contributed by atoms with Crippen LogP contribution in [0.25, 0.3) is 11.3 Å². The Hall–Kier alpha value is -3.86. The number of ether oxygens (including phenoxy) is 2. The van der Waals surface area contributed by atoms with Gasteiger partial charge in [0.05, 0.1) is 30.1 Å². The van der Waals surface area contributed by atoms with Gasteiger partial charge in [0.25, 0.3) is 0 Å². The van der Waals surface area contributed by atoms with E-state index in [4.69, 9.17) is 21.1 Å². The van der Waals surface area contributed by atoms with Crippen LogP contribution in [0, 0.1) is 11.6 Å². The van der Waals surface area contributed by atoms with Crippen molar-refractivity contribution in [2.24, 2.45) is 0 Å². The number of aromatic amines is 1. The van der Waals surface area contributed by atoms with Gasteiger partial charge >= 0.3 is 12.2 Å². The summed E-state index contributed by atoms with van der Waals surface area (Å²) in [5.74, 6) is -1.61. The van der Waals surface area contributed by atoms with Crippen molar-refractivity contribution in [2.45, 2.75) is 44.1 Å². The Morgan fingerprint density at radius 2 is 2.05 bits per heavy atom. The number of carbonyl (C=O) groups is 2. The van der Waals surface area contributed by atoms with Crippen LogP contribution in [-0.2, 0) is 9.47 Å². The molecular formula is C28H30ClF2N5O4. The molecule has 2 aliphatic heterocycles. The molecule has 40 heavy (non-hydrogen) atoms. The molecule has 3 N–H and O–H groups in total. The smallest absolute Gasteiger partial charge is 0.411 e. The lowest BCUT2D eigenvalue weighted by molar-refractivity contribution is 0.0940. The zero-order chi connectivity index (χ0) is 28.2. The zero-order valence-electron chi connectivity index (χ0n) is 21.9. The number of benzene rings is 2. The van der Waals surface area contributed by atoms with Crippen molar-refractivity contribution in [1.82, 2.24) is 14.9 Å². The molecule has 9 nitrogen and oxygen atoms in total. The molecule has 12 heteroatoms. The molecule has 3 heterocycles. The number of hydrogen-bond acceptors (Lipinski definition) is 6. The molecule has 1 saturated heterocycles. The van der Waals surface area contributed by atoms with Gasteiger partial charge in [-0.15, -0.1) is 0 Å². The first-order valence-electron chi connectivity index (χ1n) is 13.2. The zero-order valence-corrected chi connectivity index (χ0v) is 22.7. The van der Waals surface area contributed by atoms with E-state index in [0.29, 0.717) is 30.9 Å². The summed E-state index contributed by atoms with van der Waals surface area (Å²) in [5.41, 5.74) is 2.81. The number of cyclic esters (lactones) is 1. The Kier molecular flexibility index (Phi) is 8.39. The molecule has 2 atom stereocenters. The van der Waals surface area contributed by atoms with E-state index in [1.54, 1.807) is 17.2 Å². The van der Waals surface area contributed by atoms with Crippen LogP contribution < -0.4 is 10.6 Å². The second-order valence-electron chi connectivity index (χ2n) is 9.86. The number of rotatable bonds is 3. The van der Waals surface area contributed by atoms with Crippen LogP contribution in [0.2, 0.25) is 5.02 Å². The Morgan fingerprint density at radius 3 is 2.88 bits per heavy atom. The van der Waals surface area contributed by atoms with Crippen LogP contribution in [0.15, 0.2) is 36.5 Å². The summed E-state index contributed by atoms with van der Waals surface area (Å²) >= 11 is 5.91. The van der Waals surface area contributed by atoms with Crippen LogP contribution in [0.3, 0.4) is 0 Å². The number of fused-ring (bicyclic) bond motifs is 4. The molecule has 2 amide bonds. The van der Waals surface area contributed by atoms with Crippen molar-refractivity contribution in [1.29, 1.82) is 0 Å². The Balaban J connectivity index is 1.42. The summed E-state index contributed by atoms with van der Waals surface area (Å²) in [4.78, 5) is 34.4. The molecule has 2 unspecified atom stereocenters. The molecule has 212 valence electrons. The normalized spacial score (nSPS) is 19.7. The first kappa shape index (κ1) is 27.7. The molecule has 2 aromatic carbocycles. The lowest BCUT2D eigenvalue weighted by Gasteiger charge is -2.28. The average molecular weight is 574 g/mol. The standard InChI is InChI=1S/C28H30ClF2N5O4/c1-39-27(37)34-17-6-7-18-21(13-17)32-11-4-2-3-5-23(26-33-14-22(18)35-26)36-12-10-16(15-40-28(36)38)24-20(30)9-8-19(29)25(24)31/h6-9,13-14,16,23,32H,2-5,10-12,15H2,1H3,(H,33,35)(H,34,37). The van der Waals surface area contributed by atoms with Crippen LogP contribution in [0.1, 0.15) is 55.5 Å². The third kappa shape index (κ3) is 5.84. The van der Waals surface area contributed by atoms with Gasteiger partial charge in [-0.25, -0.2) is 23.4 Å². The van der Waals surface area contributed by atoms with Gasteiger partial charge < -0.3 is 19.8 Å². The number of aromatic nitrogens is 2. The number of anilines is 2. The molecule has 2 bridgehead atoms. The maximum absolute atomic E-state index is 14.7. The lowest BCUT2D eigenvalue weighted by Crippen LogP contribution is -2.35. The van der Waals surface area contributed by atoms with Gasteiger partial charge in [-0.05, 0) is 49.6 Å². The van der Waals surface area contributed by atoms with Crippen LogP contribution in [0.5, 0.6) is 0 Å². The van der Waals surface area contributed by atoms with E-state index < -0.39 is 35.8 Å². The average Bonchev–Trinajstić information content (AvgIpc) is 3.35. The summed E-state index contributed by atoms with van der Waals surface area (Å²) in [5, 5.41) is 5.94. The minimum atomic E-state index is -0.824. The third-order valence-corrected chi connectivity index (χ3v) is 7.64. The number of halogens is 3. The first-order valence-corrected chi connectivity index (χ1v) is 13.6. The molecule has 0 saturated carbocycles.